The molecule has 0 aliphatic carbocycles. The van der Waals surface area contributed by atoms with Crippen molar-refractivity contribution in [3.05, 3.63) is 0 Å². The lowest BCUT2D eigenvalue weighted by Gasteiger charge is -2.09. The Hall–Kier alpha value is -0.200. The fourth-order valence-corrected chi connectivity index (χ4v) is 0.919. The van der Waals surface area contributed by atoms with Gasteiger partial charge in [0.25, 0.3) is 0 Å². The third-order valence-electron chi connectivity index (χ3n) is 1.96. The minimum absolute atomic E-state index is 0.364. The first-order valence-corrected chi connectivity index (χ1v) is 5.71. The molecule has 0 rings (SSSR count). The highest BCUT2D eigenvalue weighted by Crippen LogP contribution is 1.90. The van der Waals surface area contributed by atoms with Crippen LogP contribution in [0.1, 0.15) is 13.3 Å². The summed E-state index contributed by atoms with van der Waals surface area (Å²) in [5, 5.41) is 9.18. The Morgan fingerprint density at radius 2 is 1.38 bits per heavy atom. The van der Waals surface area contributed by atoms with Crippen LogP contribution in [0.25, 0.3) is 0 Å². The Balaban J connectivity index is 2.93. The zero-order valence-corrected chi connectivity index (χ0v) is 10.3. The first-order chi connectivity index (χ1) is 7.81. The second kappa shape index (κ2) is 12.9. The fraction of sp³-hybridized carbons (Fsp3) is 1.00. The van der Waals surface area contributed by atoms with Crippen LogP contribution in [0.2, 0.25) is 0 Å². The number of aliphatic hydroxyl groups is 1. The van der Waals surface area contributed by atoms with Crippen molar-refractivity contribution in [3.8, 4) is 0 Å². The quantitative estimate of drug-likeness (QED) is 0.499. The third kappa shape index (κ3) is 11.9. The molecule has 0 radical (unpaired) electrons. The standard InChI is InChI=1S/C11H24O5/c1-3-11(12)10-16-9-8-15-7-6-14-5-4-13-2/h11-12H,3-10H2,1-2H3. The molecule has 0 aliphatic heterocycles. The van der Waals surface area contributed by atoms with Gasteiger partial charge >= 0.3 is 0 Å². The van der Waals surface area contributed by atoms with Crippen LogP contribution in [-0.4, -0.2) is 64.6 Å². The molecule has 1 atom stereocenters. The Morgan fingerprint density at radius 1 is 0.875 bits per heavy atom. The molecule has 0 amide bonds. The van der Waals surface area contributed by atoms with Gasteiger partial charge in [-0.15, -0.1) is 0 Å². The van der Waals surface area contributed by atoms with E-state index in [9.17, 15) is 5.11 Å². The first-order valence-electron chi connectivity index (χ1n) is 5.71. The predicted molar refractivity (Wildman–Crippen MR) is 60.6 cm³/mol. The molecule has 5 nitrogen and oxygen atoms in total. The summed E-state index contributed by atoms with van der Waals surface area (Å²) in [5.41, 5.74) is 0. The van der Waals surface area contributed by atoms with Crippen molar-refractivity contribution in [2.45, 2.75) is 19.4 Å². The highest BCUT2D eigenvalue weighted by Gasteiger charge is 1.99. The SMILES string of the molecule is CCC(O)COCCOCCOCCOC. The van der Waals surface area contributed by atoms with Gasteiger partial charge < -0.3 is 24.1 Å². The molecular formula is C11H24O5. The first kappa shape index (κ1) is 15.8. The van der Waals surface area contributed by atoms with Gasteiger partial charge in [0.1, 0.15) is 0 Å². The summed E-state index contributed by atoms with van der Waals surface area (Å²) in [4.78, 5) is 0. The van der Waals surface area contributed by atoms with Crippen LogP contribution in [0.15, 0.2) is 0 Å². The minimum atomic E-state index is -0.364. The van der Waals surface area contributed by atoms with Gasteiger partial charge in [0.15, 0.2) is 0 Å². The van der Waals surface area contributed by atoms with Crippen molar-refractivity contribution in [3.63, 3.8) is 0 Å². The summed E-state index contributed by atoms with van der Waals surface area (Å²) in [7, 11) is 1.64. The topological polar surface area (TPSA) is 57.2 Å². The minimum Gasteiger partial charge on any atom is -0.391 e. The maximum Gasteiger partial charge on any atom is 0.0771 e. The molecular weight excluding hydrogens is 212 g/mol. The summed E-state index contributed by atoms with van der Waals surface area (Å²) in [6.45, 7) is 5.67. The molecule has 5 heteroatoms. The van der Waals surface area contributed by atoms with Crippen LogP contribution < -0.4 is 0 Å². The van der Waals surface area contributed by atoms with Gasteiger partial charge in [-0.25, -0.2) is 0 Å². The van der Waals surface area contributed by atoms with Gasteiger partial charge in [-0.1, -0.05) is 6.92 Å². The average Bonchev–Trinajstić information content (AvgIpc) is 2.31. The number of aliphatic hydroxyl groups excluding tert-OH is 1. The highest BCUT2D eigenvalue weighted by atomic mass is 16.6. The van der Waals surface area contributed by atoms with Gasteiger partial charge in [0, 0.05) is 7.11 Å². The van der Waals surface area contributed by atoms with Crippen LogP contribution in [-0.2, 0) is 18.9 Å². The number of methoxy groups -OCH3 is 1. The molecule has 0 aromatic heterocycles. The molecule has 0 saturated heterocycles. The van der Waals surface area contributed by atoms with E-state index >= 15 is 0 Å². The van der Waals surface area contributed by atoms with E-state index in [2.05, 4.69) is 0 Å². The smallest absolute Gasteiger partial charge is 0.0771 e. The Bertz CT molecular complexity index is 132. The Morgan fingerprint density at radius 3 is 1.88 bits per heavy atom. The molecule has 0 aromatic rings. The van der Waals surface area contributed by atoms with Crippen LogP contribution in [0.5, 0.6) is 0 Å². The summed E-state index contributed by atoms with van der Waals surface area (Å²) < 4.78 is 20.5. The maximum absolute atomic E-state index is 9.18. The van der Waals surface area contributed by atoms with Crippen LogP contribution in [0.4, 0.5) is 0 Å². The van der Waals surface area contributed by atoms with Crippen LogP contribution >= 0.6 is 0 Å². The van der Waals surface area contributed by atoms with Gasteiger partial charge in [0.05, 0.1) is 52.4 Å². The van der Waals surface area contributed by atoms with E-state index in [4.69, 9.17) is 18.9 Å². The number of hydrogen-bond acceptors (Lipinski definition) is 5. The molecule has 0 heterocycles. The molecule has 98 valence electrons. The summed E-state index contributed by atoms with van der Waals surface area (Å²) in [5.74, 6) is 0. The van der Waals surface area contributed by atoms with E-state index < -0.39 is 0 Å². The van der Waals surface area contributed by atoms with Gasteiger partial charge in [-0.3, -0.25) is 0 Å². The summed E-state index contributed by atoms with van der Waals surface area (Å²) >= 11 is 0. The van der Waals surface area contributed by atoms with Crippen molar-refractivity contribution in [2.75, 3.05) is 53.4 Å². The van der Waals surface area contributed by atoms with E-state index in [-0.39, 0.29) is 6.10 Å². The average molecular weight is 236 g/mol. The van der Waals surface area contributed by atoms with Crippen molar-refractivity contribution in [1.29, 1.82) is 0 Å². The molecule has 0 aromatic carbocycles. The van der Waals surface area contributed by atoms with E-state index in [1.165, 1.54) is 0 Å². The Kier molecular flexibility index (Phi) is 12.7. The van der Waals surface area contributed by atoms with Crippen molar-refractivity contribution < 1.29 is 24.1 Å². The Labute approximate surface area is 97.6 Å². The molecule has 0 fully saturated rings. The lowest BCUT2D eigenvalue weighted by atomic mass is 10.3. The van der Waals surface area contributed by atoms with E-state index in [0.717, 1.165) is 0 Å². The summed E-state index contributed by atoms with van der Waals surface area (Å²) in [6, 6.07) is 0. The molecule has 1 unspecified atom stereocenters. The van der Waals surface area contributed by atoms with Gasteiger partial charge in [0.2, 0.25) is 0 Å². The largest absolute Gasteiger partial charge is 0.391 e. The molecule has 0 spiro atoms. The predicted octanol–water partition coefficient (Wildman–Crippen LogP) is 0.453. The molecule has 16 heavy (non-hydrogen) atoms. The second-order valence-electron chi connectivity index (χ2n) is 3.35. The number of hydrogen-bond donors (Lipinski definition) is 1. The second-order valence-corrected chi connectivity index (χ2v) is 3.35. The lowest BCUT2D eigenvalue weighted by molar-refractivity contribution is -0.0147. The zero-order chi connectivity index (χ0) is 12.1. The third-order valence-corrected chi connectivity index (χ3v) is 1.96. The molecule has 0 aliphatic rings. The van der Waals surface area contributed by atoms with E-state index in [0.29, 0.717) is 52.7 Å². The van der Waals surface area contributed by atoms with Crippen molar-refractivity contribution in [1.82, 2.24) is 0 Å². The number of rotatable bonds is 12. The lowest BCUT2D eigenvalue weighted by Crippen LogP contribution is -2.17. The monoisotopic (exact) mass is 236 g/mol. The zero-order valence-electron chi connectivity index (χ0n) is 10.3. The van der Waals surface area contributed by atoms with Gasteiger partial charge in [-0.05, 0) is 6.42 Å². The van der Waals surface area contributed by atoms with E-state index in [1.54, 1.807) is 7.11 Å². The fourth-order valence-electron chi connectivity index (χ4n) is 0.919. The normalized spacial score (nSPS) is 12.9. The van der Waals surface area contributed by atoms with Crippen molar-refractivity contribution in [2.24, 2.45) is 0 Å². The summed E-state index contributed by atoms with van der Waals surface area (Å²) in [6.07, 6.45) is 0.353. The van der Waals surface area contributed by atoms with Crippen LogP contribution in [0, 0.1) is 0 Å². The number of ether oxygens (including phenoxy) is 4. The van der Waals surface area contributed by atoms with E-state index in [1.807, 2.05) is 6.92 Å². The van der Waals surface area contributed by atoms with Crippen LogP contribution in [0.3, 0.4) is 0 Å². The molecule has 0 bridgehead atoms. The molecule has 0 saturated carbocycles. The highest BCUT2D eigenvalue weighted by molar-refractivity contribution is 4.47. The van der Waals surface area contributed by atoms with Crippen molar-refractivity contribution >= 4 is 0 Å². The molecule has 1 N–H and O–H groups in total. The van der Waals surface area contributed by atoms with Gasteiger partial charge in [-0.2, -0.15) is 0 Å². The maximum atomic E-state index is 9.18.